The molecular formula is C20H25FN4O3S. The van der Waals surface area contributed by atoms with Crippen molar-refractivity contribution >= 4 is 23.6 Å². The highest BCUT2D eigenvalue weighted by Crippen LogP contribution is 2.24. The summed E-state index contributed by atoms with van der Waals surface area (Å²) in [6.07, 6.45) is 0.415. The van der Waals surface area contributed by atoms with Crippen molar-refractivity contribution < 1.29 is 18.5 Å². The van der Waals surface area contributed by atoms with Crippen LogP contribution in [0.4, 0.5) is 4.39 Å². The topological polar surface area (TPSA) is 88.3 Å². The van der Waals surface area contributed by atoms with E-state index in [1.165, 1.54) is 6.07 Å². The molecule has 2 heterocycles. The third-order valence-electron chi connectivity index (χ3n) is 4.45. The van der Waals surface area contributed by atoms with Gasteiger partial charge in [-0.3, -0.25) is 9.59 Å². The largest absolute Gasteiger partial charge is 0.350 e. The molecule has 1 unspecified atom stereocenters. The Kier molecular flexibility index (Phi) is 6.26. The van der Waals surface area contributed by atoms with Crippen LogP contribution in [0.25, 0.3) is 11.4 Å². The van der Waals surface area contributed by atoms with Gasteiger partial charge in [0.2, 0.25) is 23.5 Å². The van der Waals surface area contributed by atoms with Crippen LogP contribution in [0.3, 0.4) is 0 Å². The van der Waals surface area contributed by atoms with Crippen LogP contribution in [0.5, 0.6) is 0 Å². The molecule has 0 bridgehead atoms. The molecule has 1 aliphatic heterocycles. The van der Waals surface area contributed by atoms with Crippen molar-refractivity contribution in [2.45, 2.75) is 52.1 Å². The first-order valence-corrected chi connectivity index (χ1v) is 10.6. The number of nitrogens with one attached hydrogen (secondary N) is 1. The number of hydrogen-bond acceptors (Lipinski definition) is 6. The van der Waals surface area contributed by atoms with Gasteiger partial charge >= 0.3 is 0 Å². The minimum Gasteiger partial charge on any atom is -0.350 e. The van der Waals surface area contributed by atoms with Crippen LogP contribution in [-0.2, 0) is 16.0 Å². The molecule has 0 aliphatic carbocycles. The van der Waals surface area contributed by atoms with E-state index in [-0.39, 0.29) is 41.8 Å². The maximum absolute atomic E-state index is 13.7. The molecule has 1 aromatic heterocycles. The van der Waals surface area contributed by atoms with Gasteiger partial charge in [0.1, 0.15) is 11.9 Å². The van der Waals surface area contributed by atoms with E-state index >= 15 is 0 Å². The summed E-state index contributed by atoms with van der Waals surface area (Å²) in [5.41, 5.74) is 0.704. The highest BCUT2D eigenvalue weighted by molar-refractivity contribution is 7.99. The second kappa shape index (κ2) is 8.52. The molecular weight excluding hydrogens is 395 g/mol. The highest BCUT2D eigenvalue weighted by atomic mass is 32.2. The number of thioether (sulfide) groups is 1. The van der Waals surface area contributed by atoms with Crippen molar-refractivity contribution in [2.24, 2.45) is 0 Å². The number of amides is 2. The predicted octanol–water partition coefficient (Wildman–Crippen LogP) is 2.93. The molecule has 7 nitrogen and oxygen atoms in total. The van der Waals surface area contributed by atoms with Gasteiger partial charge in [-0.15, -0.1) is 11.8 Å². The standard InChI is InChI=1S/C20H25FN4O3S/c1-12-5-6-13(9-14(12)21)18-22-16(28-24-18)7-8-17(26)25-11-29-10-15(25)19(27)23-20(2,3)4/h5-6,9,15H,7-8,10-11H2,1-4H3,(H,23,27). The molecule has 0 radical (unpaired) electrons. The average Bonchev–Trinajstić information content (AvgIpc) is 3.30. The Balaban J connectivity index is 1.60. The molecule has 2 aromatic rings. The van der Waals surface area contributed by atoms with Crippen LogP contribution in [0, 0.1) is 12.7 Å². The highest BCUT2D eigenvalue weighted by Gasteiger charge is 2.35. The molecule has 1 saturated heterocycles. The van der Waals surface area contributed by atoms with Gasteiger partial charge in [0.25, 0.3) is 0 Å². The number of aryl methyl sites for hydroxylation is 2. The molecule has 1 aromatic carbocycles. The minimum atomic E-state index is -0.472. The summed E-state index contributed by atoms with van der Waals surface area (Å²) in [7, 11) is 0. The Bertz CT molecular complexity index is 909. The van der Waals surface area contributed by atoms with Crippen molar-refractivity contribution in [3.05, 3.63) is 35.5 Å². The van der Waals surface area contributed by atoms with E-state index in [9.17, 15) is 14.0 Å². The fraction of sp³-hybridized carbons (Fsp3) is 0.500. The van der Waals surface area contributed by atoms with Gasteiger partial charge in [-0.2, -0.15) is 4.98 Å². The quantitative estimate of drug-likeness (QED) is 0.800. The molecule has 9 heteroatoms. The van der Waals surface area contributed by atoms with E-state index in [4.69, 9.17) is 4.52 Å². The number of halogens is 1. The van der Waals surface area contributed by atoms with E-state index in [0.717, 1.165) is 0 Å². The molecule has 0 spiro atoms. The van der Waals surface area contributed by atoms with Gasteiger partial charge in [0.05, 0.1) is 5.88 Å². The van der Waals surface area contributed by atoms with Gasteiger partial charge in [0.15, 0.2) is 0 Å². The lowest BCUT2D eigenvalue weighted by Gasteiger charge is -2.27. The number of hydrogen-bond donors (Lipinski definition) is 1. The maximum atomic E-state index is 13.7. The maximum Gasteiger partial charge on any atom is 0.244 e. The Morgan fingerprint density at radius 3 is 2.83 bits per heavy atom. The molecule has 3 rings (SSSR count). The van der Waals surface area contributed by atoms with Crippen LogP contribution in [-0.4, -0.2) is 50.1 Å². The molecule has 1 atom stereocenters. The van der Waals surface area contributed by atoms with Crippen LogP contribution < -0.4 is 5.32 Å². The lowest BCUT2D eigenvalue weighted by atomic mass is 10.1. The first kappa shape index (κ1) is 21.3. The van der Waals surface area contributed by atoms with Crippen LogP contribution >= 0.6 is 11.8 Å². The normalized spacial score (nSPS) is 16.9. The summed E-state index contributed by atoms with van der Waals surface area (Å²) in [6, 6.07) is 4.26. The molecule has 156 valence electrons. The van der Waals surface area contributed by atoms with Gasteiger partial charge in [0, 0.05) is 29.7 Å². The van der Waals surface area contributed by atoms with Crippen LogP contribution in [0.1, 0.15) is 38.6 Å². The average molecular weight is 421 g/mol. The SMILES string of the molecule is Cc1ccc(-c2noc(CCC(=O)N3CSCC3C(=O)NC(C)(C)C)n2)cc1F. The van der Waals surface area contributed by atoms with Gasteiger partial charge in [-0.1, -0.05) is 17.3 Å². The van der Waals surface area contributed by atoms with Crippen molar-refractivity contribution in [1.29, 1.82) is 0 Å². The molecule has 29 heavy (non-hydrogen) atoms. The Morgan fingerprint density at radius 1 is 1.38 bits per heavy atom. The van der Waals surface area contributed by atoms with E-state index < -0.39 is 6.04 Å². The lowest BCUT2D eigenvalue weighted by Crippen LogP contribution is -2.52. The van der Waals surface area contributed by atoms with E-state index in [1.54, 1.807) is 35.7 Å². The van der Waals surface area contributed by atoms with Crippen molar-refractivity contribution in [3.8, 4) is 11.4 Å². The van der Waals surface area contributed by atoms with Gasteiger partial charge in [-0.25, -0.2) is 4.39 Å². The first-order chi connectivity index (χ1) is 13.6. The second-order valence-electron chi connectivity index (χ2n) is 8.09. The first-order valence-electron chi connectivity index (χ1n) is 9.42. The van der Waals surface area contributed by atoms with Gasteiger partial charge < -0.3 is 14.7 Å². The van der Waals surface area contributed by atoms with Gasteiger partial charge in [-0.05, 0) is 39.3 Å². The third kappa shape index (κ3) is 5.35. The van der Waals surface area contributed by atoms with E-state index in [1.807, 2.05) is 20.8 Å². The van der Waals surface area contributed by atoms with Crippen molar-refractivity contribution in [2.75, 3.05) is 11.6 Å². The summed E-state index contributed by atoms with van der Waals surface area (Å²) in [5, 5.41) is 6.80. The molecule has 2 amide bonds. The minimum absolute atomic E-state index is 0.134. The summed E-state index contributed by atoms with van der Waals surface area (Å²) < 4.78 is 18.9. The van der Waals surface area contributed by atoms with E-state index in [2.05, 4.69) is 15.5 Å². The summed E-state index contributed by atoms with van der Waals surface area (Å²) in [5.74, 6) is 1.04. The Hall–Kier alpha value is -2.42. The Morgan fingerprint density at radius 2 is 2.14 bits per heavy atom. The number of nitrogens with zero attached hydrogens (tertiary/aromatic N) is 3. The third-order valence-corrected chi connectivity index (χ3v) is 5.47. The zero-order valence-electron chi connectivity index (χ0n) is 17.0. The second-order valence-corrected chi connectivity index (χ2v) is 9.09. The zero-order chi connectivity index (χ0) is 21.2. The summed E-state index contributed by atoms with van der Waals surface area (Å²) in [4.78, 5) is 31.0. The summed E-state index contributed by atoms with van der Waals surface area (Å²) >= 11 is 1.56. The monoisotopic (exact) mass is 420 g/mol. The molecule has 0 saturated carbocycles. The smallest absolute Gasteiger partial charge is 0.244 e. The van der Waals surface area contributed by atoms with E-state index in [0.29, 0.717) is 28.6 Å². The predicted molar refractivity (Wildman–Crippen MR) is 109 cm³/mol. The molecule has 1 fully saturated rings. The molecule has 1 N–H and O–H groups in total. The lowest BCUT2D eigenvalue weighted by molar-refractivity contribution is -0.138. The zero-order valence-corrected chi connectivity index (χ0v) is 17.8. The number of benzene rings is 1. The molecule has 1 aliphatic rings. The Labute approximate surface area is 173 Å². The number of rotatable bonds is 5. The van der Waals surface area contributed by atoms with Crippen LogP contribution in [0.2, 0.25) is 0 Å². The van der Waals surface area contributed by atoms with Crippen LogP contribution in [0.15, 0.2) is 22.7 Å². The fourth-order valence-electron chi connectivity index (χ4n) is 2.92. The number of carbonyl (C=O) groups is 2. The number of aromatic nitrogens is 2. The fourth-order valence-corrected chi connectivity index (χ4v) is 4.10. The van der Waals surface area contributed by atoms with Crippen molar-refractivity contribution in [3.63, 3.8) is 0 Å². The summed E-state index contributed by atoms with van der Waals surface area (Å²) in [6.45, 7) is 7.41. The van der Waals surface area contributed by atoms with Crippen molar-refractivity contribution in [1.82, 2.24) is 20.4 Å². The number of carbonyl (C=O) groups excluding carboxylic acids is 2.